The van der Waals surface area contributed by atoms with Crippen molar-refractivity contribution in [3.63, 3.8) is 0 Å². The van der Waals surface area contributed by atoms with Gasteiger partial charge in [0.05, 0.1) is 35.6 Å². The first-order chi connectivity index (χ1) is 10.8. The van der Waals surface area contributed by atoms with E-state index in [-0.39, 0.29) is 5.69 Å². The topological polar surface area (TPSA) is 73.2 Å². The summed E-state index contributed by atoms with van der Waals surface area (Å²) in [4.78, 5) is -0.836. The normalized spacial score (nSPS) is 12.3. The molecule has 0 fully saturated rings. The summed E-state index contributed by atoms with van der Waals surface area (Å²) in [5.74, 6) is 0. The molecule has 2 aromatic rings. The first-order valence-electron chi connectivity index (χ1n) is 6.44. The molecule has 0 amide bonds. The van der Waals surface area contributed by atoms with Crippen LogP contribution in [0.25, 0.3) is 0 Å². The molecule has 0 aliphatic carbocycles. The molecule has 2 rings (SSSR count). The standard InChI is InChI=1S/C13H14F3N3O3S/c1-22-7-6-19-9-10(8-17-19)18-11-4-2-3-5-12(11)23(20,21)13(14,15)16/h2-5,8-9,18H,6-7H2,1H3. The van der Waals surface area contributed by atoms with Crippen molar-refractivity contribution in [1.29, 1.82) is 0 Å². The van der Waals surface area contributed by atoms with Gasteiger partial charge >= 0.3 is 5.51 Å². The molecule has 126 valence electrons. The third-order valence-corrected chi connectivity index (χ3v) is 4.46. The molecule has 0 unspecified atom stereocenters. The van der Waals surface area contributed by atoms with E-state index in [2.05, 4.69) is 10.4 Å². The first-order valence-corrected chi connectivity index (χ1v) is 7.93. The van der Waals surface area contributed by atoms with Gasteiger partial charge in [-0.25, -0.2) is 8.42 Å². The van der Waals surface area contributed by atoms with Crippen LogP contribution in [0.5, 0.6) is 0 Å². The van der Waals surface area contributed by atoms with Crippen molar-refractivity contribution in [2.24, 2.45) is 0 Å². The average molecular weight is 349 g/mol. The molecule has 0 saturated carbocycles. The SMILES string of the molecule is COCCn1cc(Nc2ccccc2S(=O)(=O)C(F)(F)F)cn1. The molecule has 0 radical (unpaired) electrons. The van der Waals surface area contributed by atoms with Crippen LogP contribution in [0, 0.1) is 0 Å². The van der Waals surface area contributed by atoms with Crippen LogP contribution in [0.1, 0.15) is 0 Å². The second-order valence-electron chi connectivity index (χ2n) is 4.56. The Morgan fingerprint density at radius 1 is 1.30 bits per heavy atom. The molecular weight excluding hydrogens is 335 g/mol. The smallest absolute Gasteiger partial charge is 0.383 e. The number of rotatable bonds is 6. The van der Waals surface area contributed by atoms with Crippen molar-refractivity contribution in [3.05, 3.63) is 36.7 Å². The molecule has 23 heavy (non-hydrogen) atoms. The van der Waals surface area contributed by atoms with Crippen molar-refractivity contribution in [1.82, 2.24) is 9.78 Å². The van der Waals surface area contributed by atoms with E-state index in [1.165, 1.54) is 42.4 Å². The number of anilines is 2. The lowest BCUT2D eigenvalue weighted by Gasteiger charge is -2.13. The second kappa shape index (κ2) is 6.59. The third-order valence-electron chi connectivity index (χ3n) is 2.92. The van der Waals surface area contributed by atoms with Crippen molar-refractivity contribution < 1.29 is 26.3 Å². The highest BCUT2D eigenvalue weighted by Gasteiger charge is 2.47. The van der Waals surface area contributed by atoms with Gasteiger partial charge in [0.15, 0.2) is 0 Å². The fraction of sp³-hybridized carbons (Fsp3) is 0.308. The fourth-order valence-corrected chi connectivity index (χ4v) is 2.74. The van der Waals surface area contributed by atoms with E-state index in [0.717, 1.165) is 6.07 Å². The van der Waals surface area contributed by atoms with Crippen molar-refractivity contribution in [2.45, 2.75) is 16.9 Å². The first kappa shape index (κ1) is 17.3. The van der Waals surface area contributed by atoms with Gasteiger partial charge in [0.25, 0.3) is 9.84 Å². The number of aromatic nitrogens is 2. The highest BCUT2D eigenvalue weighted by Crippen LogP contribution is 2.35. The number of ether oxygens (including phenoxy) is 1. The summed E-state index contributed by atoms with van der Waals surface area (Å²) in [5, 5.41) is 6.64. The quantitative estimate of drug-likeness (QED) is 0.868. The number of sulfone groups is 1. The van der Waals surface area contributed by atoms with Crippen molar-refractivity contribution >= 4 is 21.2 Å². The van der Waals surface area contributed by atoms with Crippen LogP contribution < -0.4 is 5.32 Å². The number of hydrogen-bond acceptors (Lipinski definition) is 5. The highest BCUT2D eigenvalue weighted by molar-refractivity contribution is 7.92. The second-order valence-corrected chi connectivity index (χ2v) is 6.46. The lowest BCUT2D eigenvalue weighted by atomic mass is 10.3. The van der Waals surface area contributed by atoms with Crippen molar-refractivity contribution in [2.75, 3.05) is 19.0 Å². The molecule has 0 spiro atoms. The zero-order valence-corrected chi connectivity index (χ0v) is 12.9. The minimum atomic E-state index is -5.44. The minimum Gasteiger partial charge on any atom is -0.383 e. The number of hydrogen-bond donors (Lipinski definition) is 1. The van der Waals surface area contributed by atoms with Gasteiger partial charge in [-0.15, -0.1) is 0 Å². The summed E-state index contributed by atoms with van der Waals surface area (Å²) >= 11 is 0. The zero-order chi connectivity index (χ0) is 17.1. The number of methoxy groups -OCH3 is 1. The molecule has 0 aliphatic heterocycles. The number of nitrogens with zero attached hydrogens (tertiary/aromatic N) is 2. The summed E-state index contributed by atoms with van der Waals surface area (Å²) in [7, 11) is -3.92. The van der Waals surface area contributed by atoms with E-state index in [1.54, 1.807) is 0 Å². The molecule has 1 aromatic heterocycles. The highest BCUT2D eigenvalue weighted by atomic mass is 32.2. The largest absolute Gasteiger partial charge is 0.501 e. The Balaban J connectivity index is 2.30. The van der Waals surface area contributed by atoms with Gasteiger partial charge in [-0.1, -0.05) is 12.1 Å². The Morgan fingerprint density at radius 2 is 2.00 bits per heavy atom. The third kappa shape index (κ3) is 3.82. The van der Waals surface area contributed by atoms with Crippen LogP contribution in [0.3, 0.4) is 0 Å². The average Bonchev–Trinajstić information content (AvgIpc) is 2.92. The number of benzene rings is 1. The lowest BCUT2D eigenvalue weighted by molar-refractivity contribution is -0.0435. The van der Waals surface area contributed by atoms with Crippen LogP contribution in [0.15, 0.2) is 41.6 Å². The molecule has 1 heterocycles. The number of para-hydroxylation sites is 1. The maximum Gasteiger partial charge on any atom is 0.501 e. The lowest BCUT2D eigenvalue weighted by Crippen LogP contribution is -2.24. The fourth-order valence-electron chi connectivity index (χ4n) is 1.82. The maximum absolute atomic E-state index is 12.7. The van der Waals surface area contributed by atoms with Crippen LogP contribution in [-0.2, 0) is 21.1 Å². The molecule has 0 atom stereocenters. The Labute approximate surface area is 130 Å². The predicted molar refractivity (Wildman–Crippen MR) is 77.1 cm³/mol. The van der Waals surface area contributed by atoms with E-state index in [0.29, 0.717) is 18.8 Å². The van der Waals surface area contributed by atoms with E-state index in [4.69, 9.17) is 4.74 Å². The van der Waals surface area contributed by atoms with Crippen LogP contribution in [0.2, 0.25) is 0 Å². The zero-order valence-electron chi connectivity index (χ0n) is 12.0. The number of alkyl halides is 3. The van der Waals surface area contributed by atoms with Gasteiger partial charge in [0.1, 0.15) is 0 Å². The van der Waals surface area contributed by atoms with Crippen LogP contribution in [-0.4, -0.2) is 37.4 Å². The summed E-state index contributed by atoms with van der Waals surface area (Å²) < 4.78 is 67.8. The molecule has 10 heteroatoms. The molecular formula is C13H14F3N3O3S. The minimum absolute atomic E-state index is 0.170. The molecule has 1 aromatic carbocycles. The summed E-state index contributed by atoms with van der Waals surface area (Å²) in [6.45, 7) is 0.876. The van der Waals surface area contributed by atoms with Crippen molar-refractivity contribution in [3.8, 4) is 0 Å². The van der Waals surface area contributed by atoms with Crippen LogP contribution in [0.4, 0.5) is 24.5 Å². The van der Waals surface area contributed by atoms with E-state index < -0.39 is 20.2 Å². The molecule has 1 N–H and O–H groups in total. The monoisotopic (exact) mass is 349 g/mol. The molecule has 0 saturated heterocycles. The van der Waals surface area contributed by atoms with E-state index in [9.17, 15) is 21.6 Å². The Kier molecular flexibility index (Phi) is 4.95. The van der Waals surface area contributed by atoms with Gasteiger partial charge in [-0.3, -0.25) is 4.68 Å². The van der Waals surface area contributed by atoms with Gasteiger partial charge < -0.3 is 10.1 Å². The summed E-state index contributed by atoms with van der Waals surface area (Å²) in [6.07, 6.45) is 2.92. The Bertz CT molecular complexity index is 772. The number of halogens is 3. The Hall–Kier alpha value is -2.07. The van der Waals surface area contributed by atoms with Gasteiger partial charge in [0, 0.05) is 13.3 Å². The summed E-state index contributed by atoms with van der Waals surface area (Å²) in [5.41, 5.74) is -5.17. The van der Waals surface area contributed by atoms with Crippen LogP contribution >= 0.6 is 0 Å². The summed E-state index contributed by atoms with van der Waals surface area (Å²) in [6, 6.07) is 4.82. The van der Waals surface area contributed by atoms with Gasteiger partial charge in [-0.05, 0) is 12.1 Å². The van der Waals surface area contributed by atoms with Gasteiger partial charge in [0.2, 0.25) is 0 Å². The predicted octanol–water partition coefficient (Wildman–Crippen LogP) is 2.57. The maximum atomic E-state index is 12.7. The Morgan fingerprint density at radius 3 is 2.65 bits per heavy atom. The molecule has 6 nitrogen and oxygen atoms in total. The van der Waals surface area contributed by atoms with E-state index >= 15 is 0 Å². The molecule has 0 bridgehead atoms. The number of nitrogens with one attached hydrogen (secondary N) is 1. The van der Waals surface area contributed by atoms with E-state index in [1.807, 2.05) is 0 Å². The molecule has 0 aliphatic rings. The van der Waals surface area contributed by atoms with Gasteiger partial charge in [-0.2, -0.15) is 18.3 Å².